The Bertz CT molecular complexity index is 214. The lowest BCUT2D eigenvalue weighted by atomic mass is 9.64. The third-order valence-corrected chi connectivity index (χ3v) is 5.20. The second-order valence-corrected chi connectivity index (χ2v) is 6.43. The van der Waals surface area contributed by atoms with Gasteiger partial charge in [-0.1, -0.05) is 58.3 Å². The van der Waals surface area contributed by atoms with Crippen LogP contribution in [0.5, 0.6) is 0 Å². The molecule has 100 valence electrons. The lowest BCUT2D eigenvalue weighted by Gasteiger charge is -2.43. The minimum absolute atomic E-state index is 0.0208. The highest BCUT2D eigenvalue weighted by atomic mass is 16.3. The van der Waals surface area contributed by atoms with E-state index in [-0.39, 0.29) is 6.10 Å². The topological polar surface area (TPSA) is 20.2 Å². The zero-order chi connectivity index (χ0) is 12.1. The zero-order valence-electron chi connectivity index (χ0n) is 11.5. The van der Waals surface area contributed by atoms with Gasteiger partial charge in [-0.25, -0.2) is 0 Å². The minimum atomic E-state index is 0.0208. The van der Waals surface area contributed by atoms with Crippen LogP contribution in [0.25, 0.3) is 0 Å². The second kappa shape index (κ2) is 6.78. The van der Waals surface area contributed by atoms with Crippen molar-refractivity contribution in [2.24, 2.45) is 17.8 Å². The fourth-order valence-corrected chi connectivity index (χ4v) is 4.23. The SMILES string of the molecule is CCCCCCC1CCCC2CCC(O)CC12. The lowest BCUT2D eigenvalue weighted by molar-refractivity contribution is 0.0156. The third-order valence-electron chi connectivity index (χ3n) is 5.20. The number of aliphatic hydroxyl groups excluding tert-OH is 1. The number of rotatable bonds is 5. The molecule has 0 heterocycles. The second-order valence-electron chi connectivity index (χ2n) is 6.43. The summed E-state index contributed by atoms with van der Waals surface area (Å²) >= 11 is 0. The normalized spacial score (nSPS) is 37.8. The van der Waals surface area contributed by atoms with Gasteiger partial charge in [0.15, 0.2) is 0 Å². The highest BCUT2D eigenvalue weighted by Crippen LogP contribution is 2.45. The summed E-state index contributed by atoms with van der Waals surface area (Å²) in [4.78, 5) is 0. The van der Waals surface area contributed by atoms with E-state index in [1.165, 1.54) is 57.8 Å². The highest BCUT2D eigenvalue weighted by Gasteiger charge is 2.36. The van der Waals surface area contributed by atoms with Crippen LogP contribution in [0.2, 0.25) is 0 Å². The maximum Gasteiger partial charge on any atom is 0.0543 e. The summed E-state index contributed by atoms with van der Waals surface area (Å²) in [7, 11) is 0. The van der Waals surface area contributed by atoms with Gasteiger partial charge in [0, 0.05) is 0 Å². The van der Waals surface area contributed by atoms with Gasteiger partial charge in [-0.05, 0) is 37.0 Å². The minimum Gasteiger partial charge on any atom is -0.393 e. The van der Waals surface area contributed by atoms with Crippen molar-refractivity contribution in [2.45, 2.75) is 83.7 Å². The molecule has 1 nitrogen and oxygen atoms in total. The molecule has 0 aromatic rings. The van der Waals surface area contributed by atoms with Crippen LogP contribution in [0, 0.1) is 17.8 Å². The van der Waals surface area contributed by atoms with Crippen molar-refractivity contribution in [1.29, 1.82) is 0 Å². The van der Waals surface area contributed by atoms with Crippen molar-refractivity contribution in [3.05, 3.63) is 0 Å². The first kappa shape index (κ1) is 13.4. The Morgan fingerprint density at radius 3 is 2.71 bits per heavy atom. The van der Waals surface area contributed by atoms with Crippen LogP contribution in [-0.2, 0) is 0 Å². The van der Waals surface area contributed by atoms with Crippen molar-refractivity contribution in [3.8, 4) is 0 Å². The molecule has 0 saturated heterocycles. The van der Waals surface area contributed by atoms with E-state index in [1.807, 2.05) is 0 Å². The summed E-state index contributed by atoms with van der Waals surface area (Å²) in [5, 5.41) is 9.88. The van der Waals surface area contributed by atoms with E-state index in [9.17, 15) is 5.11 Å². The average Bonchev–Trinajstić information content (AvgIpc) is 2.35. The van der Waals surface area contributed by atoms with Crippen LogP contribution in [0.3, 0.4) is 0 Å². The fraction of sp³-hybridized carbons (Fsp3) is 1.00. The molecule has 0 aromatic heterocycles. The van der Waals surface area contributed by atoms with E-state index in [1.54, 1.807) is 0 Å². The zero-order valence-corrected chi connectivity index (χ0v) is 11.5. The van der Waals surface area contributed by atoms with Crippen molar-refractivity contribution in [2.75, 3.05) is 0 Å². The fourth-order valence-electron chi connectivity index (χ4n) is 4.23. The Morgan fingerprint density at radius 2 is 1.88 bits per heavy atom. The van der Waals surface area contributed by atoms with E-state index in [4.69, 9.17) is 0 Å². The molecule has 4 atom stereocenters. The first-order valence-corrected chi connectivity index (χ1v) is 7.99. The summed E-state index contributed by atoms with van der Waals surface area (Å²) in [6.45, 7) is 2.29. The molecule has 0 spiro atoms. The molecule has 0 aromatic carbocycles. The number of fused-ring (bicyclic) bond motifs is 1. The van der Waals surface area contributed by atoms with Crippen LogP contribution in [-0.4, -0.2) is 11.2 Å². The maximum atomic E-state index is 9.88. The largest absolute Gasteiger partial charge is 0.393 e. The highest BCUT2D eigenvalue weighted by molar-refractivity contribution is 4.87. The Labute approximate surface area is 107 Å². The van der Waals surface area contributed by atoms with Crippen molar-refractivity contribution in [3.63, 3.8) is 0 Å². The molecule has 2 saturated carbocycles. The monoisotopic (exact) mass is 238 g/mol. The van der Waals surface area contributed by atoms with E-state index < -0.39 is 0 Å². The van der Waals surface area contributed by atoms with Crippen LogP contribution < -0.4 is 0 Å². The third kappa shape index (κ3) is 3.71. The number of unbranched alkanes of at least 4 members (excludes halogenated alkanes) is 3. The molecule has 1 N–H and O–H groups in total. The summed E-state index contributed by atoms with van der Waals surface area (Å²) < 4.78 is 0. The van der Waals surface area contributed by atoms with Gasteiger partial charge in [-0.3, -0.25) is 0 Å². The summed E-state index contributed by atoms with van der Waals surface area (Å²) in [5.74, 6) is 2.78. The molecule has 2 aliphatic rings. The first-order chi connectivity index (χ1) is 8.31. The van der Waals surface area contributed by atoms with E-state index in [0.29, 0.717) is 0 Å². The summed E-state index contributed by atoms with van der Waals surface area (Å²) in [6, 6.07) is 0. The average molecular weight is 238 g/mol. The number of hydrogen-bond donors (Lipinski definition) is 1. The molecule has 0 aliphatic heterocycles. The first-order valence-electron chi connectivity index (χ1n) is 7.99. The van der Waals surface area contributed by atoms with Crippen molar-refractivity contribution < 1.29 is 5.11 Å². The van der Waals surface area contributed by atoms with Gasteiger partial charge in [0.2, 0.25) is 0 Å². The summed E-state index contributed by atoms with van der Waals surface area (Å²) in [5.41, 5.74) is 0. The molecule has 2 rings (SSSR count). The smallest absolute Gasteiger partial charge is 0.0543 e. The van der Waals surface area contributed by atoms with Crippen molar-refractivity contribution >= 4 is 0 Å². The Hall–Kier alpha value is -0.0400. The standard InChI is InChI=1S/C16H30O/c1-2-3-4-5-7-13-8-6-9-14-10-11-15(17)12-16(13)14/h13-17H,2-12H2,1H3. The van der Waals surface area contributed by atoms with Crippen LogP contribution in [0.15, 0.2) is 0 Å². The molecule has 1 heteroatoms. The van der Waals surface area contributed by atoms with Gasteiger partial charge in [-0.15, -0.1) is 0 Å². The van der Waals surface area contributed by atoms with E-state index in [2.05, 4.69) is 6.92 Å². The molecule has 2 aliphatic carbocycles. The van der Waals surface area contributed by atoms with Crippen LogP contribution in [0.1, 0.15) is 77.6 Å². The van der Waals surface area contributed by atoms with Gasteiger partial charge in [0.25, 0.3) is 0 Å². The predicted octanol–water partition coefficient (Wildman–Crippen LogP) is 4.53. The predicted molar refractivity (Wildman–Crippen MR) is 72.9 cm³/mol. The molecule has 17 heavy (non-hydrogen) atoms. The number of aliphatic hydroxyl groups is 1. The maximum absolute atomic E-state index is 9.88. The molecular weight excluding hydrogens is 208 g/mol. The lowest BCUT2D eigenvalue weighted by Crippen LogP contribution is -2.35. The van der Waals surface area contributed by atoms with Crippen molar-refractivity contribution in [1.82, 2.24) is 0 Å². The van der Waals surface area contributed by atoms with E-state index >= 15 is 0 Å². The molecule has 0 amide bonds. The van der Waals surface area contributed by atoms with E-state index in [0.717, 1.165) is 30.6 Å². The van der Waals surface area contributed by atoms with Gasteiger partial charge in [0.05, 0.1) is 6.10 Å². The summed E-state index contributed by atoms with van der Waals surface area (Å²) in [6.07, 6.45) is 14.9. The van der Waals surface area contributed by atoms with Crippen LogP contribution in [0.4, 0.5) is 0 Å². The van der Waals surface area contributed by atoms with Gasteiger partial charge in [-0.2, -0.15) is 0 Å². The molecule has 4 unspecified atom stereocenters. The van der Waals surface area contributed by atoms with Crippen LogP contribution >= 0.6 is 0 Å². The molecule has 0 radical (unpaired) electrons. The Kier molecular flexibility index (Phi) is 5.34. The van der Waals surface area contributed by atoms with Gasteiger partial charge in [0.1, 0.15) is 0 Å². The Morgan fingerprint density at radius 1 is 1.00 bits per heavy atom. The molecular formula is C16H30O. The van der Waals surface area contributed by atoms with Gasteiger partial charge >= 0.3 is 0 Å². The number of hydrogen-bond acceptors (Lipinski definition) is 1. The molecule has 2 fully saturated rings. The Balaban J connectivity index is 1.78. The molecule has 0 bridgehead atoms. The quantitative estimate of drug-likeness (QED) is 0.697. The van der Waals surface area contributed by atoms with Gasteiger partial charge < -0.3 is 5.11 Å².